The van der Waals surface area contributed by atoms with Crippen molar-refractivity contribution < 1.29 is 4.57 Å². The van der Waals surface area contributed by atoms with Gasteiger partial charge in [0.05, 0.1) is 11.0 Å². The van der Waals surface area contributed by atoms with Gasteiger partial charge in [-0.05, 0) is 25.5 Å². The molecule has 0 aliphatic rings. The van der Waals surface area contributed by atoms with Crippen LogP contribution in [0.15, 0.2) is 23.2 Å². The number of para-hydroxylation sites is 1. The lowest BCUT2D eigenvalue weighted by Gasteiger charge is -2.00. The second-order valence-corrected chi connectivity index (χ2v) is 3.09. The number of rotatable bonds is 2. The zero-order chi connectivity index (χ0) is 8.97. The summed E-state index contributed by atoms with van der Waals surface area (Å²) < 4.78 is 10.7. The molecule has 0 atom stereocenters. The molecule has 0 radical (unpaired) electrons. The fourth-order valence-corrected chi connectivity index (χ4v) is 1.48. The van der Waals surface area contributed by atoms with Crippen LogP contribution in [0.25, 0.3) is 0 Å². The molecule has 0 aliphatic carbocycles. The van der Waals surface area contributed by atoms with Gasteiger partial charge in [0.15, 0.2) is 8.46 Å². The third-order valence-electron chi connectivity index (χ3n) is 1.57. The summed E-state index contributed by atoms with van der Waals surface area (Å²) >= 11 is 0. The lowest BCUT2D eigenvalue weighted by atomic mass is 10.2. The number of nitrogens with zero attached hydrogens (tertiary/aromatic N) is 1. The van der Waals surface area contributed by atoms with E-state index in [1.165, 1.54) is 0 Å². The first-order chi connectivity index (χ1) is 5.79. The molecule has 3 heteroatoms. The highest BCUT2D eigenvalue weighted by molar-refractivity contribution is 7.34. The summed E-state index contributed by atoms with van der Waals surface area (Å²) in [5, 5.41) is 0.744. The quantitative estimate of drug-likeness (QED) is 0.506. The van der Waals surface area contributed by atoms with Crippen molar-refractivity contribution in [3.63, 3.8) is 0 Å². The Labute approximate surface area is 73.5 Å². The maximum Gasteiger partial charge on any atom is 0.194 e. The van der Waals surface area contributed by atoms with Crippen LogP contribution in [-0.2, 0) is 4.57 Å². The molecule has 0 spiro atoms. The van der Waals surface area contributed by atoms with Crippen molar-refractivity contribution in [2.45, 2.75) is 13.8 Å². The van der Waals surface area contributed by atoms with Crippen molar-refractivity contribution in [1.82, 2.24) is 0 Å². The predicted molar refractivity (Wildman–Crippen MR) is 52.2 cm³/mol. The van der Waals surface area contributed by atoms with Gasteiger partial charge in [0.25, 0.3) is 0 Å². The van der Waals surface area contributed by atoms with E-state index in [1.807, 2.05) is 32.0 Å². The van der Waals surface area contributed by atoms with E-state index in [0.29, 0.717) is 0 Å². The second kappa shape index (κ2) is 4.13. The first-order valence-corrected chi connectivity index (χ1v) is 4.52. The summed E-state index contributed by atoms with van der Waals surface area (Å²) in [5.41, 5.74) is 1.87. The smallest absolute Gasteiger partial charge is 0.194 e. The van der Waals surface area contributed by atoms with Crippen LogP contribution < -0.4 is 5.30 Å². The van der Waals surface area contributed by atoms with Crippen LogP contribution in [0.4, 0.5) is 5.69 Å². The van der Waals surface area contributed by atoms with E-state index < -0.39 is 0 Å². The SMILES string of the molecule is C/C=N\c1c(C)cccc1P=O. The van der Waals surface area contributed by atoms with Crippen molar-refractivity contribution in [2.24, 2.45) is 4.99 Å². The molecule has 0 saturated heterocycles. The Hall–Kier alpha value is -1.01. The average Bonchev–Trinajstić information content (AvgIpc) is 2.09. The average molecular weight is 179 g/mol. The lowest BCUT2D eigenvalue weighted by molar-refractivity contribution is 0.603. The first kappa shape index (κ1) is 9.08. The summed E-state index contributed by atoms with van der Waals surface area (Å²) in [4.78, 5) is 4.15. The largest absolute Gasteiger partial charge is 0.269 e. The molecular formula is C9H10NOP. The van der Waals surface area contributed by atoms with E-state index in [2.05, 4.69) is 4.99 Å². The maximum atomic E-state index is 10.7. The van der Waals surface area contributed by atoms with Crippen molar-refractivity contribution in [1.29, 1.82) is 0 Å². The van der Waals surface area contributed by atoms with Gasteiger partial charge < -0.3 is 0 Å². The second-order valence-electron chi connectivity index (χ2n) is 2.42. The lowest BCUT2D eigenvalue weighted by Crippen LogP contribution is -1.93. The molecule has 0 fully saturated rings. The van der Waals surface area contributed by atoms with Crippen molar-refractivity contribution >= 4 is 25.7 Å². The minimum atomic E-state index is 0.0286. The van der Waals surface area contributed by atoms with E-state index in [0.717, 1.165) is 16.6 Å². The molecule has 0 aromatic heterocycles. The van der Waals surface area contributed by atoms with Gasteiger partial charge in [-0.15, -0.1) is 0 Å². The molecule has 0 amide bonds. The van der Waals surface area contributed by atoms with Crippen molar-refractivity contribution in [3.8, 4) is 0 Å². The molecule has 0 aliphatic heterocycles. The van der Waals surface area contributed by atoms with E-state index in [4.69, 9.17) is 0 Å². The molecule has 1 aromatic rings. The highest BCUT2D eigenvalue weighted by Crippen LogP contribution is 2.18. The molecule has 62 valence electrons. The van der Waals surface area contributed by atoms with E-state index >= 15 is 0 Å². The van der Waals surface area contributed by atoms with E-state index in [1.54, 1.807) is 6.21 Å². The summed E-state index contributed by atoms with van der Waals surface area (Å²) in [6, 6.07) is 5.64. The molecule has 0 unspecified atom stereocenters. The van der Waals surface area contributed by atoms with Crippen LogP contribution >= 0.6 is 8.46 Å². The summed E-state index contributed by atoms with van der Waals surface area (Å²) in [6.07, 6.45) is 1.71. The minimum absolute atomic E-state index is 0.0286. The van der Waals surface area contributed by atoms with Crippen molar-refractivity contribution in [3.05, 3.63) is 23.8 Å². The number of aryl methyl sites for hydroxylation is 1. The zero-order valence-electron chi connectivity index (χ0n) is 7.11. The van der Waals surface area contributed by atoms with Gasteiger partial charge in [0, 0.05) is 6.21 Å². The number of hydrogen-bond donors (Lipinski definition) is 0. The number of aliphatic imine (C=N–C) groups is 1. The van der Waals surface area contributed by atoms with Crippen LogP contribution in [0.3, 0.4) is 0 Å². The molecule has 1 aromatic carbocycles. The molecule has 0 bridgehead atoms. The molecule has 12 heavy (non-hydrogen) atoms. The third kappa shape index (κ3) is 1.77. The molecular weight excluding hydrogens is 169 g/mol. The van der Waals surface area contributed by atoms with Gasteiger partial charge in [-0.1, -0.05) is 12.1 Å². The predicted octanol–water partition coefficient (Wildman–Crippen LogP) is 2.63. The summed E-state index contributed by atoms with van der Waals surface area (Å²) in [5.74, 6) is 0. The Morgan fingerprint density at radius 1 is 1.50 bits per heavy atom. The monoisotopic (exact) mass is 179 g/mol. The standard InChI is InChI=1S/C9H10NOP/c1-3-10-9-7(2)5-4-6-8(9)12-11/h3-6H,1-2H3/b10-3-. The molecule has 0 N–H and O–H groups in total. The Morgan fingerprint density at radius 2 is 2.25 bits per heavy atom. The number of hydrogen-bond acceptors (Lipinski definition) is 2. The van der Waals surface area contributed by atoms with Crippen LogP contribution in [0.5, 0.6) is 0 Å². The highest BCUT2D eigenvalue weighted by Gasteiger charge is 2.01. The highest BCUT2D eigenvalue weighted by atomic mass is 31.1. The summed E-state index contributed by atoms with van der Waals surface area (Å²) in [7, 11) is 0.0286. The molecule has 0 saturated carbocycles. The number of benzene rings is 1. The zero-order valence-corrected chi connectivity index (χ0v) is 8.01. The van der Waals surface area contributed by atoms with Crippen molar-refractivity contribution in [2.75, 3.05) is 0 Å². The van der Waals surface area contributed by atoms with Crippen LogP contribution in [0.1, 0.15) is 12.5 Å². The van der Waals surface area contributed by atoms with Gasteiger partial charge in [-0.25, -0.2) is 0 Å². The third-order valence-corrected chi connectivity index (χ3v) is 2.13. The van der Waals surface area contributed by atoms with Gasteiger partial charge in [-0.2, -0.15) is 0 Å². The molecule has 2 nitrogen and oxygen atoms in total. The van der Waals surface area contributed by atoms with E-state index in [9.17, 15) is 4.57 Å². The van der Waals surface area contributed by atoms with Crippen LogP contribution in [0, 0.1) is 6.92 Å². The Bertz CT molecular complexity index is 320. The van der Waals surface area contributed by atoms with E-state index in [-0.39, 0.29) is 8.46 Å². The Kier molecular flexibility index (Phi) is 3.12. The van der Waals surface area contributed by atoms with Crippen LogP contribution in [-0.4, -0.2) is 6.21 Å². The topological polar surface area (TPSA) is 29.4 Å². The Balaban J connectivity index is 3.28. The van der Waals surface area contributed by atoms with Gasteiger partial charge >= 0.3 is 0 Å². The maximum absolute atomic E-state index is 10.7. The van der Waals surface area contributed by atoms with Gasteiger partial charge in [-0.3, -0.25) is 9.56 Å². The first-order valence-electron chi connectivity index (χ1n) is 3.71. The fraction of sp³-hybridized carbons (Fsp3) is 0.222. The Morgan fingerprint density at radius 3 is 2.83 bits per heavy atom. The minimum Gasteiger partial charge on any atom is -0.269 e. The molecule has 1 rings (SSSR count). The van der Waals surface area contributed by atoms with Crippen LogP contribution in [0.2, 0.25) is 0 Å². The summed E-state index contributed by atoms with van der Waals surface area (Å²) in [6.45, 7) is 3.80. The normalized spacial score (nSPS) is 11.2. The van der Waals surface area contributed by atoms with Gasteiger partial charge in [0.1, 0.15) is 0 Å². The van der Waals surface area contributed by atoms with Gasteiger partial charge in [0.2, 0.25) is 0 Å². The fourth-order valence-electron chi connectivity index (χ4n) is 1.01. The molecule has 0 heterocycles.